The van der Waals surface area contributed by atoms with E-state index in [1.165, 1.54) is 5.56 Å². The van der Waals surface area contributed by atoms with Crippen LogP contribution >= 0.6 is 0 Å². The third-order valence-electron chi connectivity index (χ3n) is 5.08. The number of amides is 1. The van der Waals surface area contributed by atoms with E-state index in [9.17, 15) is 4.79 Å². The van der Waals surface area contributed by atoms with Crippen LogP contribution < -0.4 is 4.74 Å². The van der Waals surface area contributed by atoms with E-state index in [0.717, 1.165) is 45.1 Å². The molecule has 1 atom stereocenters. The molecule has 1 amide bonds. The van der Waals surface area contributed by atoms with Crippen LogP contribution in [0.2, 0.25) is 0 Å². The van der Waals surface area contributed by atoms with Gasteiger partial charge in [0, 0.05) is 44.6 Å². The Morgan fingerprint density at radius 3 is 2.68 bits per heavy atom. The normalized spacial score (nSPS) is 25.0. The second-order valence-corrected chi connectivity index (χ2v) is 7.96. The predicted molar refractivity (Wildman–Crippen MR) is 97.6 cm³/mol. The summed E-state index contributed by atoms with van der Waals surface area (Å²) in [7, 11) is 1.69. The summed E-state index contributed by atoms with van der Waals surface area (Å²) in [6, 6.07) is 8.23. The topological polar surface area (TPSA) is 42.0 Å². The first-order chi connectivity index (χ1) is 12.0. The molecule has 2 fully saturated rings. The molecule has 0 N–H and O–H groups in total. The highest BCUT2D eigenvalue weighted by atomic mass is 16.5. The molecule has 1 aromatic carbocycles. The quantitative estimate of drug-likeness (QED) is 0.821. The van der Waals surface area contributed by atoms with Gasteiger partial charge in [-0.2, -0.15) is 0 Å². The van der Waals surface area contributed by atoms with Crippen LogP contribution in [-0.2, 0) is 16.1 Å². The highest BCUT2D eigenvalue weighted by Gasteiger charge is 2.45. The van der Waals surface area contributed by atoms with Gasteiger partial charge in [-0.3, -0.25) is 9.69 Å². The minimum Gasteiger partial charge on any atom is -0.497 e. The van der Waals surface area contributed by atoms with Gasteiger partial charge in [-0.25, -0.2) is 0 Å². The molecule has 25 heavy (non-hydrogen) atoms. The van der Waals surface area contributed by atoms with Crippen molar-refractivity contribution < 1.29 is 14.3 Å². The van der Waals surface area contributed by atoms with Crippen molar-refractivity contribution in [1.82, 2.24) is 9.80 Å². The Balaban J connectivity index is 1.67. The zero-order chi connectivity index (χ0) is 17.9. The molecule has 2 heterocycles. The number of methoxy groups -OCH3 is 1. The number of hydrogen-bond donors (Lipinski definition) is 0. The fourth-order valence-corrected chi connectivity index (χ4v) is 4.00. The molecular formula is C20H30N2O3. The van der Waals surface area contributed by atoms with E-state index in [2.05, 4.69) is 30.9 Å². The Kier molecular flexibility index (Phi) is 5.64. The summed E-state index contributed by atoms with van der Waals surface area (Å²) in [5.41, 5.74) is 1.20. The van der Waals surface area contributed by atoms with Crippen LogP contribution in [0.3, 0.4) is 0 Å². The molecule has 2 aliphatic heterocycles. The zero-order valence-corrected chi connectivity index (χ0v) is 15.7. The third kappa shape index (κ3) is 4.53. The van der Waals surface area contributed by atoms with Gasteiger partial charge in [0.15, 0.2) is 0 Å². The molecule has 2 saturated heterocycles. The maximum atomic E-state index is 12.5. The van der Waals surface area contributed by atoms with Crippen molar-refractivity contribution in [1.29, 1.82) is 0 Å². The highest BCUT2D eigenvalue weighted by Crippen LogP contribution is 2.35. The summed E-state index contributed by atoms with van der Waals surface area (Å²) < 4.78 is 11.1. The second-order valence-electron chi connectivity index (χ2n) is 7.96. The van der Waals surface area contributed by atoms with E-state index in [1.54, 1.807) is 7.11 Å². The van der Waals surface area contributed by atoms with Gasteiger partial charge in [-0.05, 0) is 23.6 Å². The molecule has 0 bridgehead atoms. The molecule has 2 aliphatic rings. The molecule has 1 aromatic rings. The molecule has 0 saturated carbocycles. The predicted octanol–water partition coefficient (Wildman–Crippen LogP) is 2.40. The number of carbonyl (C=O) groups is 1. The maximum absolute atomic E-state index is 12.5. The summed E-state index contributed by atoms with van der Waals surface area (Å²) in [6.45, 7) is 10.1. The lowest BCUT2D eigenvalue weighted by atomic mass is 9.87. The standard InChI is InChI=1S/C20H30N2O3/c1-16(2)11-22-14-20(10-19(22)23)13-21(8-9-25-15-20)12-17-4-6-18(24-3)7-5-17/h4-7,16H,8-15H2,1-3H3/t20-/m1/s1. The minimum absolute atomic E-state index is 0.0606. The Hall–Kier alpha value is -1.59. The Morgan fingerprint density at radius 2 is 2.00 bits per heavy atom. The van der Waals surface area contributed by atoms with Gasteiger partial charge in [-0.1, -0.05) is 26.0 Å². The van der Waals surface area contributed by atoms with Gasteiger partial charge in [0.1, 0.15) is 5.75 Å². The number of carbonyl (C=O) groups excluding carboxylic acids is 1. The van der Waals surface area contributed by atoms with Crippen LogP contribution in [0.5, 0.6) is 5.75 Å². The van der Waals surface area contributed by atoms with Crippen molar-refractivity contribution in [2.75, 3.05) is 46.5 Å². The molecular weight excluding hydrogens is 316 g/mol. The van der Waals surface area contributed by atoms with Gasteiger partial charge in [0.2, 0.25) is 5.91 Å². The van der Waals surface area contributed by atoms with Gasteiger partial charge in [0.25, 0.3) is 0 Å². The first-order valence-electron chi connectivity index (χ1n) is 9.20. The number of likely N-dealkylation sites (tertiary alicyclic amines) is 1. The first kappa shape index (κ1) is 18.2. The van der Waals surface area contributed by atoms with Crippen molar-refractivity contribution in [3.05, 3.63) is 29.8 Å². The van der Waals surface area contributed by atoms with Gasteiger partial charge >= 0.3 is 0 Å². The third-order valence-corrected chi connectivity index (χ3v) is 5.08. The van der Waals surface area contributed by atoms with Crippen LogP contribution in [0.4, 0.5) is 0 Å². The molecule has 5 heteroatoms. The van der Waals surface area contributed by atoms with Crippen molar-refractivity contribution in [3.8, 4) is 5.75 Å². The summed E-state index contributed by atoms with van der Waals surface area (Å²) in [4.78, 5) is 16.9. The van der Waals surface area contributed by atoms with Crippen molar-refractivity contribution in [2.24, 2.45) is 11.3 Å². The van der Waals surface area contributed by atoms with E-state index in [-0.39, 0.29) is 11.3 Å². The fraction of sp³-hybridized carbons (Fsp3) is 0.650. The summed E-state index contributed by atoms with van der Waals surface area (Å²) >= 11 is 0. The highest BCUT2D eigenvalue weighted by molar-refractivity contribution is 5.79. The van der Waals surface area contributed by atoms with Gasteiger partial charge in [-0.15, -0.1) is 0 Å². The van der Waals surface area contributed by atoms with E-state index >= 15 is 0 Å². The zero-order valence-electron chi connectivity index (χ0n) is 15.7. The van der Waals surface area contributed by atoms with E-state index in [1.807, 2.05) is 17.0 Å². The molecule has 3 rings (SSSR count). The van der Waals surface area contributed by atoms with Crippen molar-refractivity contribution in [2.45, 2.75) is 26.8 Å². The van der Waals surface area contributed by atoms with E-state index in [4.69, 9.17) is 9.47 Å². The molecule has 0 radical (unpaired) electrons. The molecule has 5 nitrogen and oxygen atoms in total. The summed E-state index contributed by atoms with van der Waals surface area (Å²) in [5.74, 6) is 1.66. The summed E-state index contributed by atoms with van der Waals surface area (Å²) in [6.07, 6.45) is 0.610. The Bertz CT molecular complexity index is 587. The SMILES string of the molecule is COc1ccc(CN2CCOC[C@]3(CC(=O)N(CC(C)C)C3)C2)cc1. The van der Waals surface area contributed by atoms with Crippen LogP contribution in [0.1, 0.15) is 25.8 Å². The van der Waals surface area contributed by atoms with Crippen molar-refractivity contribution >= 4 is 5.91 Å². The fourth-order valence-electron chi connectivity index (χ4n) is 4.00. The molecule has 138 valence electrons. The number of rotatable bonds is 5. The van der Waals surface area contributed by atoms with Crippen LogP contribution in [0.15, 0.2) is 24.3 Å². The number of ether oxygens (including phenoxy) is 2. The lowest BCUT2D eigenvalue weighted by Crippen LogP contribution is -2.41. The van der Waals surface area contributed by atoms with Crippen LogP contribution in [-0.4, -0.2) is 62.2 Å². The second kappa shape index (κ2) is 7.75. The molecule has 0 aliphatic carbocycles. The molecule has 1 spiro atoms. The van der Waals surface area contributed by atoms with Crippen LogP contribution in [0.25, 0.3) is 0 Å². The average Bonchev–Trinajstić information content (AvgIpc) is 2.74. The number of nitrogens with zero attached hydrogens (tertiary/aromatic N) is 2. The monoisotopic (exact) mass is 346 g/mol. The smallest absolute Gasteiger partial charge is 0.223 e. The number of hydrogen-bond acceptors (Lipinski definition) is 4. The average molecular weight is 346 g/mol. The molecule has 0 unspecified atom stereocenters. The Labute approximate surface area is 150 Å². The van der Waals surface area contributed by atoms with E-state index in [0.29, 0.717) is 18.9 Å². The first-order valence-corrected chi connectivity index (χ1v) is 9.20. The maximum Gasteiger partial charge on any atom is 0.223 e. The van der Waals surface area contributed by atoms with Crippen LogP contribution in [0, 0.1) is 11.3 Å². The lowest BCUT2D eigenvalue weighted by molar-refractivity contribution is -0.128. The van der Waals surface area contributed by atoms with E-state index < -0.39 is 0 Å². The molecule has 0 aromatic heterocycles. The summed E-state index contributed by atoms with van der Waals surface area (Å²) in [5, 5.41) is 0. The Morgan fingerprint density at radius 1 is 1.24 bits per heavy atom. The van der Waals surface area contributed by atoms with Crippen molar-refractivity contribution in [3.63, 3.8) is 0 Å². The largest absolute Gasteiger partial charge is 0.497 e. The minimum atomic E-state index is -0.0606. The number of benzene rings is 1. The lowest BCUT2D eigenvalue weighted by Gasteiger charge is -2.31. The van der Waals surface area contributed by atoms with Gasteiger partial charge in [0.05, 0.1) is 20.3 Å². The van der Waals surface area contributed by atoms with Gasteiger partial charge < -0.3 is 14.4 Å².